The van der Waals surface area contributed by atoms with Gasteiger partial charge in [-0.2, -0.15) is 0 Å². The van der Waals surface area contributed by atoms with Crippen molar-refractivity contribution in [2.45, 2.75) is 0 Å². The molecule has 0 spiro atoms. The molecule has 3 N–H and O–H groups in total. The highest BCUT2D eigenvalue weighted by Gasteiger charge is 2.15. The van der Waals surface area contributed by atoms with Gasteiger partial charge < -0.3 is 15.4 Å². The number of nitrogens with zero attached hydrogens (tertiary/aromatic N) is 1. The van der Waals surface area contributed by atoms with Gasteiger partial charge in [0.15, 0.2) is 11.6 Å². The third-order valence-corrected chi connectivity index (χ3v) is 1.92. The SMILES string of the molecule is Nc1oncc1-c1cc(F)c(O)cc1F. The summed E-state index contributed by atoms with van der Waals surface area (Å²) in [6.07, 6.45) is 1.17. The number of hydrogen-bond donors (Lipinski definition) is 2. The van der Waals surface area contributed by atoms with Gasteiger partial charge in [0, 0.05) is 11.6 Å². The van der Waals surface area contributed by atoms with Crippen molar-refractivity contribution in [2.24, 2.45) is 0 Å². The molecule has 0 aliphatic rings. The van der Waals surface area contributed by atoms with Crippen LogP contribution >= 0.6 is 0 Å². The molecule has 0 amide bonds. The normalized spacial score (nSPS) is 10.5. The lowest BCUT2D eigenvalue weighted by Gasteiger charge is -2.02. The predicted octanol–water partition coefficient (Wildman–Crippen LogP) is 1.91. The molecule has 1 heterocycles. The van der Waals surface area contributed by atoms with Crippen molar-refractivity contribution >= 4 is 5.88 Å². The van der Waals surface area contributed by atoms with Crippen molar-refractivity contribution in [1.29, 1.82) is 0 Å². The number of phenolic OH excluding ortho intramolecular Hbond substituents is 1. The van der Waals surface area contributed by atoms with E-state index in [2.05, 4.69) is 9.68 Å². The lowest BCUT2D eigenvalue weighted by atomic mass is 10.1. The van der Waals surface area contributed by atoms with Gasteiger partial charge in [0.2, 0.25) is 5.88 Å². The zero-order chi connectivity index (χ0) is 11.0. The summed E-state index contributed by atoms with van der Waals surface area (Å²) in [5, 5.41) is 12.2. The molecular weight excluding hydrogens is 206 g/mol. The van der Waals surface area contributed by atoms with Crippen LogP contribution in [0.1, 0.15) is 0 Å². The van der Waals surface area contributed by atoms with Gasteiger partial charge in [-0.25, -0.2) is 8.78 Å². The first kappa shape index (κ1) is 9.45. The molecule has 4 nitrogen and oxygen atoms in total. The van der Waals surface area contributed by atoms with Crippen LogP contribution in [-0.2, 0) is 0 Å². The molecule has 0 aliphatic heterocycles. The molecule has 2 aromatic rings. The number of phenols is 1. The van der Waals surface area contributed by atoms with Gasteiger partial charge in [0.25, 0.3) is 0 Å². The van der Waals surface area contributed by atoms with Gasteiger partial charge in [-0.1, -0.05) is 5.16 Å². The van der Waals surface area contributed by atoms with Crippen LogP contribution in [0.4, 0.5) is 14.7 Å². The van der Waals surface area contributed by atoms with Crippen LogP contribution in [-0.4, -0.2) is 10.3 Å². The maximum atomic E-state index is 13.3. The number of anilines is 1. The van der Waals surface area contributed by atoms with Crippen molar-refractivity contribution < 1.29 is 18.4 Å². The van der Waals surface area contributed by atoms with Gasteiger partial charge in [-0.15, -0.1) is 0 Å². The molecule has 78 valence electrons. The van der Waals surface area contributed by atoms with Crippen LogP contribution in [0.25, 0.3) is 11.1 Å². The third kappa shape index (κ3) is 1.50. The van der Waals surface area contributed by atoms with E-state index in [1.807, 2.05) is 0 Å². The first-order chi connectivity index (χ1) is 7.09. The fraction of sp³-hybridized carbons (Fsp3) is 0. The summed E-state index contributed by atoms with van der Waals surface area (Å²) in [7, 11) is 0. The Morgan fingerprint density at radius 2 is 1.93 bits per heavy atom. The number of halogens is 2. The summed E-state index contributed by atoms with van der Waals surface area (Å²) >= 11 is 0. The first-order valence-electron chi connectivity index (χ1n) is 3.98. The smallest absolute Gasteiger partial charge is 0.230 e. The fourth-order valence-corrected chi connectivity index (χ4v) is 1.19. The number of rotatable bonds is 1. The molecule has 0 aliphatic carbocycles. The summed E-state index contributed by atoms with van der Waals surface area (Å²) in [6, 6.07) is 1.49. The lowest BCUT2D eigenvalue weighted by molar-refractivity contribution is 0.427. The molecular formula is C9H6F2N2O2. The van der Waals surface area contributed by atoms with Gasteiger partial charge in [-0.05, 0) is 6.07 Å². The van der Waals surface area contributed by atoms with Gasteiger partial charge in [0.1, 0.15) is 5.82 Å². The molecule has 1 aromatic heterocycles. The molecule has 0 radical (unpaired) electrons. The van der Waals surface area contributed by atoms with Crippen molar-refractivity contribution in [3.63, 3.8) is 0 Å². The minimum absolute atomic E-state index is 0.107. The summed E-state index contributed by atoms with van der Waals surface area (Å²) in [5.74, 6) is -2.61. The van der Waals surface area contributed by atoms with Crippen LogP contribution in [0.2, 0.25) is 0 Å². The van der Waals surface area contributed by atoms with E-state index >= 15 is 0 Å². The Labute approximate surface area is 82.9 Å². The Kier molecular flexibility index (Phi) is 2.03. The molecule has 0 saturated carbocycles. The molecule has 0 bridgehead atoms. The first-order valence-corrected chi connectivity index (χ1v) is 3.98. The van der Waals surface area contributed by atoms with E-state index in [9.17, 15) is 8.78 Å². The van der Waals surface area contributed by atoms with Gasteiger partial charge in [-0.3, -0.25) is 0 Å². The van der Waals surface area contributed by atoms with Crippen LogP contribution < -0.4 is 5.73 Å². The third-order valence-electron chi connectivity index (χ3n) is 1.92. The standard InChI is InChI=1S/C9H6F2N2O2/c10-6-2-8(14)7(11)1-4(6)5-3-13-15-9(5)12/h1-3,14H,12H2. The molecule has 0 atom stereocenters. The van der Waals surface area contributed by atoms with E-state index in [0.717, 1.165) is 6.07 Å². The maximum Gasteiger partial charge on any atom is 0.230 e. The Morgan fingerprint density at radius 3 is 2.53 bits per heavy atom. The second-order valence-electron chi connectivity index (χ2n) is 2.89. The van der Waals surface area contributed by atoms with Crippen molar-refractivity contribution in [3.05, 3.63) is 30.0 Å². The Bertz CT molecular complexity index is 511. The van der Waals surface area contributed by atoms with E-state index in [-0.39, 0.29) is 17.0 Å². The topological polar surface area (TPSA) is 72.3 Å². The van der Waals surface area contributed by atoms with Crippen LogP contribution in [0.5, 0.6) is 5.75 Å². The number of benzene rings is 1. The van der Waals surface area contributed by atoms with E-state index < -0.39 is 17.4 Å². The number of nitrogens with two attached hydrogens (primary N) is 1. The maximum absolute atomic E-state index is 13.3. The van der Waals surface area contributed by atoms with Gasteiger partial charge in [0.05, 0.1) is 11.8 Å². The second kappa shape index (κ2) is 3.23. The van der Waals surface area contributed by atoms with Crippen molar-refractivity contribution in [1.82, 2.24) is 5.16 Å². The highest BCUT2D eigenvalue weighted by Crippen LogP contribution is 2.31. The average molecular weight is 212 g/mol. The Balaban J connectivity index is 2.64. The number of nitrogen functional groups attached to an aromatic ring is 1. The second-order valence-corrected chi connectivity index (χ2v) is 2.89. The van der Waals surface area contributed by atoms with Crippen molar-refractivity contribution in [2.75, 3.05) is 5.73 Å². The monoisotopic (exact) mass is 212 g/mol. The highest BCUT2D eigenvalue weighted by molar-refractivity contribution is 5.72. The largest absolute Gasteiger partial charge is 0.505 e. The summed E-state index contributed by atoms with van der Waals surface area (Å²) in [6.45, 7) is 0. The summed E-state index contributed by atoms with van der Waals surface area (Å²) in [4.78, 5) is 0. The minimum atomic E-state index is -0.938. The molecule has 2 rings (SSSR count). The van der Waals surface area contributed by atoms with E-state index in [1.165, 1.54) is 6.20 Å². The van der Waals surface area contributed by atoms with E-state index in [0.29, 0.717) is 6.07 Å². The molecule has 15 heavy (non-hydrogen) atoms. The molecule has 0 unspecified atom stereocenters. The Morgan fingerprint density at radius 1 is 1.20 bits per heavy atom. The van der Waals surface area contributed by atoms with Crippen LogP contribution in [0.3, 0.4) is 0 Å². The zero-order valence-corrected chi connectivity index (χ0v) is 7.37. The lowest BCUT2D eigenvalue weighted by Crippen LogP contribution is -1.90. The summed E-state index contributed by atoms with van der Waals surface area (Å²) < 4.78 is 30.8. The van der Waals surface area contributed by atoms with E-state index in [1.54, 1.807) is 0 Å². The minimum Gasteiger partial charge on any atom is -0.505 e. The Hall–Kier alpha value is -2.11. The summed E-state index contributed by atoms with van der Waals surface area (Å²) in [5.41, 5.74) is 5.39. The average Bonchev–Trinajstić information content (AvgIpc) is 2.58. The van der Waals surface area contributed by atoms with Crippen molar-refractivity contribution in [3.8, 4) is 16.9 Å². The fourth-order valence-electron chi connectivity index (χ4n) is 1.19. The van der Waals surface area contributed by atoms with Gasteiger partial charge >= 0.3 is 0 Å². The van der Waals surface area contributed by atoms with Crippen LogP contribution in [0, 0.1) is 11.6 Å². The van der Waals surface area contributed by atoms with E-state index in [4.69, 9.17) is 10.8 Å². The molecule has 6 heteroatoms. The highest BCUT2D eigenvalue weighted by atomic mass is 19.1. The molecule has 0 fully saturated rings. The zero-order valence-electron chi connectivity index (χ0n) is 7.37. The van der Waals surface area contributed by atoms with Crippen LogP contribution in [0.15, 0.2) is 22.9 Å². The number of aromatic nitrogens is 1. The predicted molar refractivity (Wildman–Crippen MR) is 47.9 cm³/mol. The number of aromatic hydroxyl groups is 1. The molecule has 1 aromatic carbocycles. The quantitative estimate of drug-likeness (QED) is 0.757. The number of hydrogen-bond acceptors (Lipinski definition) is 4. The molecule has 0 saturated heterocycles.